The molecule has 4 rings (SSSR count). The van der Waals surface area contributed by atoms with E-state index in [1.165, 1.54) is 11.6 Å². The maximum Gasteiger partial charge on any atom is 0.255 e. The van der Waals surface area contributed by atoms with E-state index in [9.17, 15) is 18.4 Å². The van der Waals surface area contributed by atoms with Gasteiger partial charge in [-0.3, -0.25) is 9.59 Å². The molecule has 3 aromatic carbocycles. The molecule has 1 fully saturated rings. The van der Waals surface area contributed by atoms with Crippen molar-refractivity contribution in [2.24, 2.45) is 0 Å². The van der Waals surface area contributed by atoms with Gasteiger partial charge < -0.3 is 10.2 Å². The Morgan fingerprint density at radius 2 is 1.65 bits per heavy atom. The smallest absolute Gasteiger partial charge is 0.255 e. The number of thioether (sulfide) groups is 1. The Morgan fingerprint density at radius 1 is 0.968 bits per heavy atom. The van der Waals surface area contributed by atoms with Gasteiger partial charge in [0.25, 0.3) is 5.91 Å². The molecule has 7 heteroatoms. The summed E-state index contributed by atoms with van der Waals surface area (Å²) in [6.45, 7) is 0.606. The quantitative estimate of drug-likeness (QED) is 0.587. The van der Waals surface area contributed by atoms with Gasteiger partial charge in [-0.25, -0.2) is 8.78 Å². The molecular weight excluding hydrogens is 418 g/mol. The van der Waals surface area contributed by atoms with Crippen molar-refractivity contribution in [3.05, 3.63) is 101 Å². The second kappa shape index (κ2) is 9.31. The summed E-state index contributed by atoms with van der Waals surface area (Å²) >= 11 is 1.54. The highest BCUT2D eigenvalue weighted by atomic mass is 32.2. The van der Waals surface area contributed by atoms with Gasteiger partial charge in [-0.2, -0.15) is 0 Å². The van der Waals surface area contributed by atoms with Gasteiger partial charge in [-0.05, 0) is 41.8 Å². The molecular formula is C24H20F2N2O2S. The zero-order valence-corrected chi connectivity index (χ0v) is 17.4. The number of halogens is 2. The molecule has 1 saturated heterocycles. The van der Waals surface area contributed by atoms with Crippen molar-refractivity contribution in [1.82, 2.24) is 4.90 Å². The highest BCUT2D eigenvalue weighted by molar-refractivity contribution is 8.00. The van der Waals surface area contributed by atoms with Crippen LogP contribution < -0.4 is 5.32 Å². The molecule has 0 aliphatic carbocycles. The Kier molecular flexibility index (Phi) is 6.32. The molecule has 1 N–H and O–H groups in total. The number of nitrogens with zero attached hydrogens (tertiary/aromatic N) is 1. The molecule has 0 radical (unpaired) electrons. The van der Waals surface area contributed by atoms with Gasteiger partial charge in [-0.15, -0.1) is 11.8 Å². The number of amides is 2. The maximum atomic E-state index is 13.8. The minimum Gasteiger partial charge on any atom is -0.326 e. The first-order chi connectivity index (χ1) is 15.0. The molecule has 0 saturated carbocycles. The predicted octanol–water partition coefficient (Wildman–Crippen LogP) is 5.03. The molecule has 0 aromatic heterocycles. The predicted molar refractivity (Wildman–Crippen MR) is 118 cm³/mol. The SMILES string of the molecule is O=C(Nc1c(F)cccc1F)c1ccc(C2SCC(=O)N2CCc2ccccc2)cc1. The molecule has 1 atom stereocenters. The molecule has 1 aliphatic rings. The van der Waals surface area contributed by atoms with Crippen molar-refractivity contribution in [3.63, 3.8) is 0 Å². The lowest BCUT2D eigenvalue weighted by molar-refractivity contribution is -0.128. The van der Waals surface area contributed by atoms with Crippen molar-refractivity contribution in [1.29, 1.82) is 0 Å². The zero-order valence-electron chi connectivity index (χ0n) is 16.6. The zero-order chi connectivity index (χ0) is 21.8. The number of anilines is 1. The number of rotatable bonds is 6. The number of nitrogens with one attached hydrogen (secondary N) is 1. The molecule has 4 nitrogen and oxygen atoms in total. The van der Waals surface area contributed by atoms with Crippen LogP contribution in [0.1, 0.15) is 26.9 Å². The summed E-state index contributed by atoms with van der Waals surface area (Å²) in [5.41, 5.74) is 1.87. The lowest BCUT2D eigenvalue weighted by Crippen LogP contribution is -2.30. The number of carbonyl (C=O) groups excluding carboxylic acids is 2. The van der Waals surface area contributed by atoms with Crippen LogP contribution in [0.4, 0.5) is 14.5 Å². The Labute approximate surface area is 183 Å². The fraction of sp³-hybridized carbons (Fsp3) is 0.167. The molecule has 3 aromatic rings. The van der Waals surface area contributed by atoms with Crippen LogP contribution in [0.15, 0.2) is 72.8 Å². The number of hydrogen-bond donors (Lipinski definition) is 1. The average Bonchev–Trinajstić information content (AvgIpc) is 3.16. The lowest BCUT2D eigenvalue weighted by Gasteiger charge is -2.24. The Bertz CT molecular complexity index is 1070. The highest BCUT2D eigenvalue weighted by Crippen LogP contribution is 2.38. The minimum absolute atomic E-state index is 0.0859. The molecule has 2 amide bonds. The molecule has 1 unspecified atom stereocenters. The number of hydrogen-bond acceptors (Lipinski definition) is 3. The molecule has 31 heavy (non-hydrogen) atoms. The van der Waals surface area contributed by atoms with E-state index < -0.39 is 23.2 Å². The molecule has 0 bridgehead atoms. The summed E-state index contributed by atoms with van der Waals surface area (Å²) in [5, 5.41) is 2.15. The van der Waals surface area contributed by atoms with E-state index in [0.29, 0.717) is 12.3 Å². The molecule has 158 valence electrons. The highest BCUT2D eigenvalue weighted by Gasteiger charge is 2.32. The van der Waals surface area contributed by atoms with E-state index in [1.54, 1.807) is 36.0 Å². The first-order valence-electron chi connectivity index (χ1n) is 9.83. The first kappa shape index (κ1) is 21.1. The van der Waals surface area contributed by atoms with Gasteiger partial charge in [0, 0.05) is 12.1 Å². The van der Waals surface area contributed by atoms with Crippen LogP contribution in [0.25, 0.3) is 0 Å². The summed E-state index contributed by atoms with van der Waals surface area (Å²) in [6.07, 6.45) is 0.762. The van der Waals surface area contributed by atoms with Gasteiger partial charge >= 0.3 is 0 Å². The third-order valence-electron chi connectivity index (χ3n) is 5.11. The van der Waals surface area contributed by atoms with Crippen LogP contribution >= 0.6 is 11.8 Å². The van der Waals surface area contributed by atoms with Crippen LogP contribution in [-0.4, -0.2) is 29.0 Å². The molecule has 1 aliphatic heterocycles. The van der Waals surface area contributed by atoms with Crippen molar-refractivity contribution in [2.45, 2.75) is 11.8 Å². The van der Waals surface area contributed by atoms with Gasteiger partial charge in [0.1, 0.15) is 22.7 Å². The van der Waals surface area contributed by atoms with E-state index in [0.717, 1.165) is 24.1 Å². The van der Waals surface area contributed by atoms with Gasteiger partial charge in [-0.1, -0.05) is 48.5 Å². The van der Waals surface area contributed by atoms with Crippen LogP contribution in [-0.2, 0) is 11.2 Å². The minimum atomic E-state index is -0.833. The van der Waals surface area contributed by atoms with E-state index in [4.69, 9.17) is 0 Å². The molecule has 1 heterocycles. The topological polar surface area (TPSA) is 49.4 Å². The van der Waals surface area contributed by atoms with Gasteiger partial charge in [0.2, 0.25) is 5.91 Å². The van der Waals surface area contributed by atoms with E-state index in [2.05, 4.69) is 5.32 Å². The van der Waals surface area contributed by atoms with E-state index >= 15 is 0 Å². The van der Waals surface area contributed by atoms with Gasteiger partial charge in [0.05, 0.1) is 5.75 Å². The average molecular weight is 438 g/mol. The van der Waals surface area contributed by atoms with Crippen LogP contribution in [0.5, 0.6) is 0 Å². The summed E-state index contributed by atoms with van der Waals surface area (Å²) < 4.78 is 27.6. The first-order valence-corrected chi connectivity index (χ1v) is 10.9. The third kappa shape index (κ3) is 4.77. The second-order valence-electron chi connectivity index (χ2n) is 7.16. The standard InChI is InChI=1S/C24H20F2N2O2S/c25-19-7-4-8-20(26)22(19)27-23(30)17-9-11-18(12-10-17)24-28(21(29)15-31-24)14-13-16-5-2-1-3-6-16/h1-12,24H,13-15H2,(H,27,30). The second-order valence-corrected chi connectivity index (χ2v) is 8.23. The van der Waals surface area contributed by atoms with Crippen molar-refractivity contribution in [3.8, 4) is 0 Å². The van der Waals surface area contributed by atoms with Crippen molar-refractivity contribution in [2.75, 3.05) is 17.6 Å². The number of carbonyl (C=O) groups is 2. The maximum absolute atomic E-state index is 13.8. The van der Waals surface area contributed by atoms with Gasteiger partial charge in [0.15, 0.2) is 0 Å². The summed E-state index contributed by atoms with van der Waals surface area (Å²) in [6, 6.07) is 20.1. The van der Waals surface area contributed by atoms with Crippen molar-refractivity contribution < 1.29 is 18.4 Å². The van der Waals surface area contributed by atoms with E-state index in [1.807, 2.05) is 35.2 Å². The van der Waals surface area contributed by atoms with Crippen molar-refractivity contribution >= 4 is 29.3 Å². The largest absolute Gasteiger partial charge is 0.326 e. The number of benzene rings is 3. The summed E-state index contributed by atoms with van der Waals surface area (Å²) in [5.74, 6) is -1.77. The lowest BCUT2D eigenvalue weighted by atomic mass is 10.1. The fourth-order valence-electron chi connectivity index (χ4n) is 3.47. The van der Waals surface area contributed by atoms with Crippen LogP contribution in [0.2, 0.25) is 0 Å². The number of para-hydroxylation sites is 1. The van der Waals surface area contributed by atoms with E-state index in [-0.39, 0.29) is 16.8 Å². The third-order valence-corrected chi connectivity index (χ3v) is 6.37. The normalized spacial score (nSPS) is 15.9. The fourth-order valence-corrected chi connectivity index (χ4v) is 4.69. The Balaban J connectivity index is 1.45. The Hall–Kier alpha value is -3.19. The monoisotopic (exact) mass is 438 g/mol. The van der Waals surface area contributed by atoms with Crippen LogP contribution in [0, 0.1) is 11.6 Å². The summed E-state index contributed by atoms with van der Waals surface area (Å²) in [4.78, 5) is 26.7. The summed E-state index contributed by atoms with van der Waals surface area (Å²) in [7, 11) is 0. The van der Waals surface area contributed by atoms with Crippen LogP contribution in [0.3, 0.4) is 0 Å². The Morgan fingerprint density at radius 3 is 2.32 bits per heavy atom. The molecule has 0 spiro atoms.